The number of aryl methyl sites for hydroxylation is 1. The highest BCUT2D eigenvalue weighted by atomic mass is 16.6. The van der Waals surface area contributed by atoms with E-state index in [1.54, 1.807) is 18.2 Å². The van der Waals surface area contributed by atoms with Crippen molar-refractivity contribution in [2.24, 2.45) is 0 Å². The average molecular weight is 374 g/mol. The maximum atomic E-state index is 11.9. The monoisotopic (exact) mass is 374 g/mol. The Labute approximate surface area is 155 Å². The third-order valence-corrected chi connectivity index (χ3v) is 3.38. The molecule has 0 aliphatic heterocycles. The van der Waals surface area contributed by atoms with E-state index in [9.17, 15) is 19.7 Å². The Kier molecular flexibility index (Phi) is 6.70. The maximum Gasteiger partial charge on any atom is 0.344 e. The minimum absolute atomic E-state index is 0.101. The van der Waals surface area contributed by atoms with Gasteiger partial charge in [-0.2, -0.15) is 0 Å². The fourth-order valence-corrected chi connectivity index (χ4v) is 2.13. The Morgan fingerprint density at radius 2 is 1.93 bits per heavy atom. The van der Waals surface area contributed by atoms with Crippen LogP contribution in [0.15, 0.2) is 42.5 Å². The summed E-state index contributed by atoms with van der Waals surface area (Å²) in [6.45, 7) is 0.969. The maximum absolute atomic E-state index is 11.9. The smallest absolute Gasteiger partial charge is 0.344 e. The van der Waals surface area contributed by atoms with Crippen LogP contribution in [0.5, 0.6) is 11.5 Å². The summed E-state index contributed by atoms with van der Waals surface area (Å²) >= 11 is 0. The van der Waals surface area contributed by atoms with Gasteiger partial charge in [0.15, 0.2) is 13.2 Å². The van der Waals surface area contributed by atoms with Gasteiger partial charge < -0.3 is 19.5 Å². The summed E-state index contributed by atoms with van der Waals surface area (Å²) in [6, 6.07) is 10.9. The second-order valence-electron chi connectivity index (χ2n) is 5.46. The zero-order chi connectivity index (χ0) is 19.8. The van der Waals surface area contributed by atoms with Crippen molar-refractivity contribution in [2.75, 3.05) is 25.6 Å². The van der Waals surface area contributed by atoms with Gasteiger partial charge in [-0.05, 0) is 30.7 Å². The number of nitrogens with one attached hydrogen (secondary N) is 1. The minimum Gasteiger partial charge on any atom is -0.495 e. The molecule has 0 aromatic heterocycles. The van der Waals surface area contributed by atoms with E-state index in [4.69, 9.17) is 14.2 Å². The normalized spacial score (nSPS) is 10.0. The van der Waals surface area contributed by atoms with Crippen molar-refractivity contribution >= 4 is 23.3 Å². The Balaban J connectivity index is 1.86. The van der Waals surface area contributed by atoms with E-state index in [-0.39, 0.29) is 23.7 Å². The van der Waals surface area contributed by atoms with Crippen LogP contribution in [0.4, 0.5) is 11.4 Å². The second-order valence-corrected chi connectivity index (χ2v) is 5.46. The number of rotatable bonds is 8. The van der Waals surface area contributed by atoms with Crippen molar-refractivity contribution in [1.82, 2.24) is 0 Å². The number of benzene rings is 2. The number of esters is 1. The molecule has 0 aliphatic rings. The van der Waals surface area contributed by atoms with Gasteiger partial charge in [0.25, 0.3) is 11.6 Å². The van der Waals surface area contributed by atoms with Crippen molar-refractivity contribution in [2.45, 2.75) is 6.92 Å². The lowest BCUT2D eigenvalue weighted by Crippen LogP contribution is -2.24. The van der Waals surface area contributed by atoms with E-state index in [2.05, 4.69) is 5.32 Å². The summed E-state index contributed by atoms with van der Waals surface area (Å²) in [7, 11) is 1.36. The first-order valence-electron chi connectivity index (χ1n) is 7.86. The predicted molar refractivity (Wildman–Crippen MR) is 95.9 cm³/mol. The van der Waals surface area contributed by atoms with Gasteiger partial charge >= 0.3 is 5.97 Å². The number of hydrogen-bond donors (Lipinski definition) is 1. The van der Waals surface area contributed by atoms with E-state index in [0.29, 0.717) is 5.75 Å². The summed E-state index contributed by atoms with van der Waals surface area (Å²) in [5, 5.41) is 13.2. The number of carbonyl (C=O) groups is 2. The molecule has 0 saturated heterocycles. The molecule has 9 nitrogen and oxygen atoms in total. The highest BCUT2D eigenvalue weighted by Crippen LogP contribution is 2.28. The molecular weight excluding hydrogens is 356 g/mol. The molecule has 1 amide bonds. The van der Waals surface area contributed by atoms with Gasteiger partial charge in [0, 0.05) is 12.1 Å². The Bertz CT molecular complexity index is 851. The van der Waals surface area contributed by atoms with Crippen LogP contribution in [-0.4, -0.2) is 37.1 Å². The first kappa shape index (κ1) is 19.7. The molecule has 0 bridgehead atoms. The third-order valence-electron chi connectivity index (χ3n) is 3.38. The quantitative estimate of drug-likeness (QED) is 0.428. The molecule has 0 fully saturated rings. The standard InChI is InChI=1S/C18H18N2O7/c1-12-4-3-5-14(8-12)26-11-18(22)27-10-17(21)19-15-9-13(20(23)24)6-7-16(15)25-2/h3-9H,10-11H2,1-2H3,(H,19,21). The van der Waals surface area contributed by atoms with Crippen molar-refractivity contribution in [3.63, 3.8) is 0 Å². The number of nitro benzene ring substituents is 1. The summed E-state index contributed by atoms with van der Waals surface area (Å²) < 4.78 is 15.1. The van der Waals surface area contributed by atoms with Crippen LogP contribution < -0.4 is 14.8 Å². The SMILES string of the molecule is COc1ccc([N+](=O)[O-])cc1NC(=O)COC(=O)COc1cccc(C)c1. The lowest BCUT2D eigenvalue weighted by Gasteiger charge is -2.10. The zero-order valence-corrected chi connectivity index (χ0v) is 14.8. The number of amides is 1. The highest BCUT2D eigenvalue weighted by Gasteiger charge is 2.15. The van der Waals surface area contributed by atoms with Gasteiger partial charge in [0.2, 0.25) is 0 Å². The Morgan fingerprint density at radius 3 is 2.59 bits per heavy atom. The molecule has 142 valence electrons. The van der Waals surface area contributed by atoms with E-state index < -0.39 is 23.4 Å². The topological polar surface area (TPSA) is 117 Å². The van der Waals surface area contributed by atoms with Crippen molar-refractivity contribution in [1.29, 1.82) is 0 Å². The molecule has 0 saturated carbocycles. The molecule has 0 radical (unpaired) electrons. The summed E-state index contributed by atoms with van der Waals surface area (Å²) in [6.07, 6.45) is 0. The number of anilines is 1. The third kappa shape index (κ3) is 5.99. The summed E-state index contributed by atoms with van der Waals surface area (Å²) in [4.78, 5) is 33.8. The number of nitro groups is 1. The lowest BCUT2D eigenvalue weighted by molar-refractivity contribution is -0.384. The molecule has 0 heterocycles. The first-order chi connectivity index (χ1) is 12.9. The number of methoxy groups -OCH3 is 1. The molecule has 2 aromatic carbocycles. The van der Waals surface area contributed by atoms with Crippen molar-refractivity contribution in [3.8, 4) is 11.5 Å². The van der Waals surface area contributed by atoms with Crippen LogP contribution in [0.1, 0.15) is 5.56 Å². The lowest BCUT2D eigenvalue weighted by atomic mass is 10.2. The molecule has 0 atom stereocenters. The molecule has 9 heteroatoms. The highest BCUT2D eigenvalue weighted by molar-refractivity contribution is 5.94. The van der Waals surface area contributed by atoms with Crippen LogP contribution in [0.2, 0.25) is 0 Å². The Morgan fingerprint density at radius 1 is 1.15 bits per heavy atom. The molecule has 27 heavy (non-hydrogen) atoms. The van der Waals surface area contributed by atoms with Crippen molar-refractivity contribution in [3.05, 3.63) is 58.1 Å². The van der Waals surface area contributed by atoms with Gasteiger partial charge in [-0.3, -0.25) is 14.9 Å². The first-order valence-corrected chi connectivity index (χ1v) is 7.86. The number of carbonyl (C=O) groups excluding carboxylic acids is 2. The molecular formula is C18H18N2O7. The zero-order valence-electron chi connectivity index (χ0n) is 14.8. The van der Waals surface area contributed by atoms with Gasteiger partial charge in [-0.1, -0.05) is 12.1 Å². The van der Waals surface area contributed by atoms with E-state index in [1.807, 2.05) is 13.0 Å². The van der Waals surface area contributed by atoms with Gasteiger partial charge in [0.1, 0.15) is 11.5 Å². The van der Waals surface area contributed by atoms with Crippen LogP contribution in [0.25, 0.3) is 0 Å². The number of nitrogens with zero attached hydrogens (tertiary/aromatic N) is 1. The fourth-order valence-electron chi connectivity index (χ4n) is 2.13. The average Bonchev–Trinajstić information content (AvgIpc) is 2.64. The number of hydrogen-bond acceptors (Lipinski definition) is 7. The largest absolute Gasteiger partial charge is 0.495 e. The van der Waals surface area contributed by atoms with E-state index >= 15 is 0 Å². The fraction of sp³-hybridized carbons (Fsp3) is 0.222. The molecule has 1 N–H and O–H groups in total. The van der Waals surface area contributed by atoms with E-state index in [0.717, 1.165) is 11.6 Å². The molecule has 2 aromatic rings. The molecule has 0 aliphatic carbocycles. The van der Waals surface area contributed by atoms with Crippen LogP contribution in [-0.2, 0) is 14.3 Å². The summed E-state index contributed by atoms with van der Waals surface area (Å²) in [5.74, 6) is -0.642. The molecule has 2 rings (SSSR count). The second kappa shape index (κ2) is 9.18. The molecule has 0 unspecified atom stereocenters. The Hall–Kier alpha value is -3.62. The van der Waals surface area contributed by atoms with Crippen molar-refractivity contribution < 1.29 is 28.7 Å². The van der Waals surface area contributed by atoms with Crippen LogP contribution >= 0.6 is 0 Å². The predicted octanol–water partition coefficient (Wildman–Crippen LogP) is 2.47. The number of ether oxygens (including phenoxy) is 3. The van der Waals surface area contributed by atoms with Gasteiger partial charge in [-0.25, -0.2) is 4.79 Å². The van der Waals surface area contributed by atoms with Gasteiger partial charge in [0.05, 0.1) is 17.7 Å². The van der Waals surface area contributed by atoms with E-state index in [1.165, 1.54) is 19.2 Å². The molecule has 0 spiro atoms. The van der Waals surface area contributed by atoms with Crippen LogP contribution in [0.3, 0.4) is 0 Å². The van der Waals surface area contributed by atoms with Gasteiger partial charge in [-0.15, -0.1) is 0 Å². The summed E-state index contributed by atoms with van der Waals surface area (Å²) in [5.41, 5.74) is 0.865. The minimum atomic E-state index is -0.724. The van der Waals surface area contributed by atoms with Crippen LogP contribution in [0, 0.1) is 17.0 Å². The number of non-ortho nitro benzene ring substituents is 1.